The molecule has 2 aromatic carbocycles. The summed E-state index contributed by atoms with van der Waals surface area (Å²) in [6.45, 7) is 0. The number of nitrogens with zero attached hydrogens (tertiary/aromatic N) is 1. The average Bonchev–Trinajstić information content (AvgIpc) is 2.52. The topological polar surface area (TPSA) is 64.7 Å². The molecule has 2 aromatic rings. The summed E-state index contributed by atoms with van der Waals surface area (Å²) in [6, 6.07) is 16.9. The van der Waals surface area contributed by atoms with E-state index in [2.05, 4.69) is 21.1 Å². The highest BCUT2D eigenvalue weighted by atomic mass is 79.9. The quantitative estimate of drug-likeness (QED) is 0.290. The van der Waals surface area contributed by atoms with E-state index in [0.29, 0.717) is 5.56 Å². The van der Waals surface area contributed by atoms with Crippen molar-refractivity contribution in [3.63, 3.8) is 0 Å². The molecule has 0 bridgehead atoms. The number of halogens is 1. The van der Waals surface area contributed by atoms with Crippen molar-refractivity contribution >= 4 is 39.5 Å². The van der Waals surface area contributed by atoms with Crippen molar-refractivity contribution in [2.45, 2.75) is 4.90 Å². The second-order valence-corrected chi connectivity index (χ2v) is 6.01. The van der Waals surface area contributed by atoms with Crippen LogP contribution < -0.4 is 5.73 Å². The predicted molar refractivity (Wildman–Crippen MR) is 88.1 cm³/mol. The van der Waals surface area contributed by atoms with Gasteiger partial charge in [0.25, 0.3) is 0 Å². The number of nitrogens with two attached hydrogens (primary N) is 1. The zero-order valence-electron chi connectivity index (χ0n) is 11.0. The molecule has 2 rings (SSSR count). The third-order valence-corrected chi connectivity index (χ3v) is 4.00. The van der Waals surface area contributed by atoms with E-state index in [1.54, 1.807) is 12.1 Å². The number of benzene rings is 2. The van der Waals surface area contributed by atoms with Gasteiger partial charge in [-0.15, -0.1) is 11.8 Å². The summed E-state index contributed by atoms with van der Waals surface area (Å²) in [5, 5.41) is 3.65. The molecular formula is C15H13BrN2O2S. The maximum Gasteiger partial charge on any atom is 0.345 e. The lowest BCUT2D eigenvalue weighted by Gasteiger charge is -2.02. The summed E-state index contributed by atoms with van der Waals surface area (Å²) in [5.74, 6) is -0.0920. The lowest BCUT2D eigenvalue weighted by molar-refractivity contribution is -0.140. The van der Waals surface area contributed by atoms with Crippen LogP contribution in [-0.2, 0) is 9.63 Å². The smallest absolute Gasteiger partial charge is 0.345 e. The Kier molecular flexibility index (Phi) is 5.83. The van der Waals surface area contributed by atoms with Gasteiger partial charge in [0.05, 0.1) is 5.75 Å². The van der Waals surface area contributed by atoms with Crippen LogP contribution >= 0.6 is 27.7 Å². The zero-order chi connectivity index (χ0) is 15.1. The van der Waals surface area contributed by atoms with Crippen LogP contribution in [0.5, 0.6) is 0 Å². The van der Waals surface area contributed by atoms with Crippen LogP contribution in [0.3, 0.4) is 0 Å². The van der Waals surface area contributed by atoms with Gasteiger partial charge in [0.1, 0.15) is 0 Å². The Balaban J connectivity index is 1.85. The monoisotopic (exact) mass is 364 g/mol. The lowest BCUT2D eigenvalue weighted by Crippen LogP contribution is -2.15. The SMILES string of the molecule is N/C(=N\OC(=O)CSc1ccccc1)c1ccc(Br)cc1. The lowest BCUT2D eigenvalue weighted by atomic mass is 10.2. The Morgan fingerprint density at radius 1 is 1.14 bits per heavy atom. The molecule has 0 fully saturated rings. The Morgan fingerprint density at radius 2 is 1.81 bits per heavy atom. The molecule has 0 radical (unpaired) electrons. The third kappa shape index (κ3) is 5.24. The summed E-state index contributed by atoms with van der Waals surface area (Å²) >= 11 is 4.72. The largest absolute Gasteiger partial charge is 0.380 e. The van der Waals surface area contributed by atoms with E-state index in [9.17, 15) is 4.79 Å². The summed E-state index contributed by atoms with van der Waals surface area (Å²) < 4.78 is 0.940. The number of hydrogen-bond acceptors (Lipinski definition) is 4. The molecule has 6 heteroatoms. The van der Waals surface area contributed by atoms with E-state index in [-0.39, 0.29) is 11.6 Å². The van der Waals surface area contributed by atoms with Crippen LogP contribution in [0.1, 0.15) is 5.56 Å². The van der Waals surface area contributed by atoms with Crippen LogP contribution in [0.4, 0.5) is 0 Å². The number of thioether (sulfide) groups is 1. The van der Waals surface area contributed by atoms with Crippen molar-refractivity contribution in [2.24, 2.45) is 10.9 Å². The van der Waals surface area contributed by atoms with Crippen LogP contribution in [0.2, 0.25) is 0 Å². The van der Waals surface area contributed by atoms with Crippen molar-refractivity contribution in [3.05, 3.63) is 64.6 Å². The minimum atomic E-state index is -0.441. The standard InChI is InChI=1S/C15H13BrN2O2S/c16-12-8-6-11(7-9-12)15(17)18-20-14(19)10-21-13-4-2-1-3-5-13/h1-9H,10H2,(H2,17,18). The highest BCUT2D eigenvalue weighted by Gasteiger charge is 2.05. The van der Waals surface area contributed by atoms with E-state index in [1.165, 1.54) is 11.8 Å². The fourth-order valence-electron chi connectivity index (χ4n) is 1.46. The van der Waals surface area contributed by atoms with E-state index in [0.717, 1.165) is 9.37 Å². The molecule has 0 unspecified atom stereocenters. The van der Waals surface area contributed by atoms with Crippen molar-refractivity contribution < 1.29 is 9.63 Å². The highest BCUT2D eigenvalue weighted by molar-refractivity contribution is 9.10. The molecule has 0 spiro atoms. The molecular weight excluding hydrogens is 352 g/mol. The normalized spacial score (nSPS) is 11.2. The molecule has 4 nitrogen and oxygen atoms in total. The molecule has 0 aliphatic heterocycles. The third-order valence-electron chi connectivity index (χ3n) is 2.49. The molecule has 0 saturated carbocycles. The Hall–Kier alpha value is -1.79. The second-order valence-electron chi connectivity index (χ2n) is 4.05. The van der Waals surface area contributed by atoms with Gasteiger partial charge in [-0.1, -0.05) is 51.4 Å². The Bertz CT molecular complexity index is 630. The molecule has 2 N–H and O–H groups in total. The van der Waals surface area contributed by atoms with Gasteiger partial charge in [-0.05, 0) is 24.3 Å². The maximum atomic E-state index is 11.6. The maximum absolute atomic E-state index is 11.6. The molecule has 0 saturated heterocycles. The molecule has 0 aromatic heterocycles. The van der Waals surface area contributed by atoms with Gasteiger partial charge < -0.3 is 10.6 Å². The fourth-order valence-corrected chi connectivity index (χ4v) is 2.41. The first-order valence-electron chi connectivity index (χ1n) is 6.12. The van der Waals surface area contributed by atoms with E-state index in [1.807, 2.05) is 42.5 Å². The average molecular weight is 365 g/mol. The van der Waals surface area contributed by atoms with Crippen molar-refractivity contribution in [2.75, 3.05) is 5.75 Å². The molecule has 21 heavy (non-hydrogen) atoms. The van der Waals surface area contributed by atoms with Crippen LogP contribution in [-0.4, -0.2) is 17.6 Å². The number of rotatable bonds is 5. The molecule has 0 aliphatic carbocycles. The minimum absolute atomic E-state index is 0.167. The van der Waals surface area contributed by atoms with Gasteiger partial charge in [-0.3, -0.25) is 0 Å². The number of oxime groups is 1. The van der Waals surface area contributed by atoms with E-state index in [4.69, 9.17) is 10.6 Å². The first-order chi connectivity index (χ1) is 10.1. The van der Waals surface area contributed by atoms with Crippen molar-refractivity contribution in [1.82, 2.24) is 0 Å². The number of amidine groups is 1. The van der Waals surface area contributed by atoms with Gasteiger partial charge >= 0.3 is 5.97 Å². The van der Waals surface area contributed by atoms with E-state index >= 15 is 0 Å². The summed E-state index contributed by atoms with van der Waals surface area (Å²) in [7, 11) is 0. The summed E-state index contributed by atoms with van der Waals surface area (Å²) in [6.07, 6.45) is 0. The van der Waals surface area contributed by atoms with Gasteiger partial charge in [0.2, 0.25) is 0 Å². The van der Waals surface area contributed by atoms with Crippen LogP contribution in [0.25, 0.3) is 0 Å². The molecule has 108 valence electrons. The Morgan fingerprint density at radius 3 is 2.48 bits per heavy atom. The Labute approximate surface area is 135 Å². The molecule has 0 amide bonds. The summed E-state index contributed by atoms with van der Waals surface area (Å²) in [5.41, 5.74) is 6.45. The molecule has 0 aliphatic rings. The first kappa shape index (κ1) is 15.6. The number of hydrogen-bond donors (Lipinski definition) is 1. The van der Waals surface area contributed by atoms with Gasteiger partial charge in [0, 0.05) is 14.9 Å². The highest BCUT2D eigenvalue weighted by Crippen LogP contribution is 2.17. The number of carbonyl (C=O) groups excluding carboxylic acids is 1. The second kappa shape index (κ2) is 7.85. The van der Waals surface area contributed by atoms with Crippen molar-refractivity contribution in [1.29, 1.82) is 0 Å². The minimum Gasteiger partial charge on any atom is -0.380 e. The van der Waals surface area contributed by atoms with Gasteiger partial charge in [-0.2, -0.15) is 0 Å². The van der Waals surface area contributed by atoms with Crippen molar-refractivity contribution in [3.8, 4) is 0 Å². The fraction of sp³-hybridized carbons (Fsp3) is 0.0667. The van der Waals surface area contributed by atoms with Gasteiger partial charge in [-0.25, -0.2) is 4.79 Å². The predicted octanol–water partition coefficient (Wildman–Crippen LogP) is 3.40. The van der Waals surface area contributed by atoms with Crippen LogP contribution in [0, 0.1) is 0 Å². The first-order valence-corrected chi connectivity index (χ1v) is 7.90. The van der Waals surface area contributed by atoms with E-state index < -0.39 is 5.97 Å². The molecule has 0 heterocycles. The van der Waals surface area contributed by atoms with Gasteiger partial charge in [0.15, 0.2) is 5.84 Å². The summed E-state index contributed by atoms with van der Waals surface area (Å²) in [4.78, 5) is 17.4. The molecule has 0 atom stereocenters. The van der Waals surface area contributed by atoms with Crippen LogP contribution in [0.15, 0.2) is 69.1 Å². The number of carbonyl (C=O) groups is 1. The zero-order valence-corrected chi connectivity index (χ0v) is 13.4.